The third-order valence-electron chi connectivity index (χ3n) is 3.88. The second-order valence-electron chi connectivity index (χ2n) is 5.22. The van der Waals surface area contributed by atoms with Crippen LogP contribution in [-0.4, -0.2) is 41.7 Å². The molecule has 0 bridgehead atoms. The average molecular weight is 304 g/mol. The van der Waals surface area contributed by atoms with Gasteiger partial charge < -0.3 is 19.6 Å². The Bertz CT molecular complexity index is 724. The van der Waals surface area contributed by atoms with E-state index in [1.54, 1.807) is 18.2 Å². The molecule has 3 rings (SSSR count). The molecule has 1 saturated heterocycles. The summed E-state index contributed by atoms with van der Waals surface area (Å²) in [7, 11) is 1.30. The molecule has 0 saturated carbocycles. The fourth-order valence-corrected chi connectivity index (χ4v) is 2.81. The van der Waals surface area contributed by atoms with Crippen molar-refractivity contribution < 1.29 is 23.8 Å². The van der Waals surface area contributed by atoms with Gasteiger partial charge in [0.2, 0.25) is 5.89 Å². The number of fused-ring (bicyclic) bond motifs is 1. The quantitative estimate of drug-likeness (QED) is 0.829. The van der Waals surface area contributed by atoms with E-state index in [4.69, 9.17) is 9.15 Å². The van der Waals surface area contributed by atoms with Crippen molar-refractivity contribution in [2.45, 2.75) is 24.8 Å². The van der Waals surface area contributed by atoms with Crippen LogP contribution in [0.3, 0.4) is 0 Å². The first-order chi connectivity index (χ1) is 10.6. The molecule has 7 nitrogen and oxygen atoms in total. The van der Waals surface area contributed by atoms with Crippen LogP contribution in [0.1, 0.15) is 35.0 Å². The molecule has 7 heteroatoms. The van der Waals surface area contributed by atoms with E-state index in [1.807, 2.05) is 0 Å². The van der Waals surface area contributed by atoms with Crippen LogP contribution in [0.2, 0.25) is 0 Å². The number of carbonyl (C=O) groups is 2. The van der Waals surface area contributed by atoms with Crippen molar-refractivity contribution in [2.75, 3.05) is 13.7 Å². The number of carboxylic acid groups (broad SMARTS) is 1. The molecule has 1 aromatic heterocycles. The maximum Gasteiger partial charge on any atom is 0.341 e. The van der Waals surface area contributed by atoms with Gasteiger partial charge in [0.05, 0.1) is 13.0 Å². The molecule has 1 unspecified atom stereocenters. The molecule has 0 radical (unpaired) electrons. The number of esters is 1. The van der Waals surface area contributed by atoms with Gasteiger partial charge in [-0.2, -0.15) is 0 Å². The van der Waals surface area contributed by atoms with Gasteiger partial charge in [-0.1, -0.05) is 6.07 Å². The van der Waals surface area contributed by atoms with Crippen LogP contribution in [0.5, 0.6) is 0 Å². The van der Waals surface area contributed by atoms with Crippen molar-refractivity contribution >= 4 is 23.0 Å². The molecule has 1 aliphatic heterocycles. The number of aromatic nitrogens is 1. The van der Waals surface area contributed by atoms with Crippen molar-refractivity contribution in [3.8, 4) is 0 Å². The fraction of sp³-hybridized carbons (Fsp3) is 0.400. The van der Waals surface area contributed by atoms with Gasteiger partial charge in [0, 0.05) is 0 Å². The molecule has 2 heterocycles. The number of methoxy groups -OCH3 is 1. The number of ether oxygens (including phenoxy) is 1. The highest BCUT2D eigenvalue weighted by Crippen LogP contribution is 2.31. The number of benzene rings is 1. The minimum atomic E-state index is -0.930. The summed E-state index contributed by atoms with van der Waals surface area (Å²) >= 11 is 0. The molecular formula is C15H16N2O5. The Kier molecular flexibility index (Phi) is 3.81. The van der Waals surface area contributed by atoms with Crippen LogP contribution in [0.4, 0.5) is 0 Å². The fourth-order valence-electron chi connectivity index (χ4n) is 2.81. The van der Waals surface area contributed by atoms with Crippen LogP contribution in [0.25, 0.3) is 11.1 Å². The molecule has 0 aliphatic carbocycles. The average Bonchev–Trinajstić information content (AvgIpc) is 2.97. The van der Waals surface area contributed by atoms with E-state index in [1.165, 1.54) is 7.11 Å². The van der Waals surface area contributed by atoms with Crippen molar-refractivity contribution in [3.63, 3.8) is 0 Å². The number of aliphatic carboxylic acids is 1. The van der Waals surface area contributed by atoms with Gasteiger partial charge in [-0.25, -0.2) is 9.78 Å². The Labute approximate surface area is 126 Å². The Morgan fingerprint density at radius 2 is 2.27 bits per heavy atom. The summed E-state index contributed by atoms with van der Waals surface area (Å²) in [4.78, 5) is 27.5. The summed E-state index contributed by atoms with van der Waals surface area (Å²) in [6.07, 6.45) is 1.52. The van der Waals surface area contributed by atoms with E-state index >= 15 is 0 Å². The number of nitrogens with zero attached hydrogens (tertiary/aromatic N) is 1. The molecule has 2 atom stereocenters. The maximum atomic E-state index is 11.8. The van der Waals surface area contributed by atoms with Crippen LogP contribution in [-0.2, 0) is 9.53 Å². The summed E-state index contributed by atoms with van der Waals surface area (Å²) in [5.41, 5.74) is 1.14. The van der Waals surface area contributed by atoms with Crippen molar-refractivity contribution in [3.05, 3.63) is 29.7 Å². The van der Waals surface area contributed by atoms with Gasteiger partial charge in [0.1, 0.15) is 17.1 Å². The number of carboxylic acids is 1. The SMILES string of the molecule is COC(=O)c1cccc2nc(C3CCCN[C@@H]3C(=O)O)oc12. The second kappa shape index (κ2) is 5.76. The topological polar surface area (TPSA) is 102 Å². The van der Waals surface area contributed by atoms with Gasteiger partial charge in [0.25, 0.3) is 0 Å². The van der Waals surface area contributed by atoms with Gasteiger partial charge in [-0.05, 0) is 31.5 Å². The standard InChI is InChI=1S/C15H16N2O5/c1-21-15(20)9-4-2-6-10-12(9)22-13(17-10)8-5-3-7-16-11(8)14(18)19/h2,4,6,8,11,16H,3,5,7H2,1H3,(H,18,19)/t8?,11-/m0/s1. The van der Waals surface area contributed by atoms with Crippen LogP contribution in [0, 0.1) is 0 Å². The first-order valence-corrected chi connectivity index (χ1v) is 7.05. The molecule has 1 fully saturated rings. The second-order valence-corrected chi connectivity index (χ2v) is 5.22. The summed E-state index contributed by atoms with van der Waals surface area (Å²) < 4.78 is 10.5. The Morgan fingerprint density at radius 3 is 3.00 bits per heavy atom. The number of hydrogen-bond acceptors (Lipinski definition) is 6. The number of oxazole rings is 1. The van der Waals surface area contributed by atoms with Crippen molar-refractivity contribution in [2.24, 2.45) is 0 Å². The van der Waals surface area contributed by atoms with E-state index < -0.39 is 18.0 Å². The van der Waals surface area contributed by atoms with E-state index in [0.29, 0.717) is 30.0 Å². The zero-order valence-corrected chi connectivity index (χ0v) is 12.0. The first kappa shape index (κ1) is 14.5. The maximum absolute atomic E-state index is 11.8. The van der Waals surface area contributed by atoms with E-state index in [2.05, 4.69) is 10.3 Å². The lowest BCUT2D eigenvalue weighted by Gasteiger charge is -2.27. The van der Waals surface area contributed by atoms with E-state index in [-0.39, 0.29) is 11.5 Å². The summed E-state index contributed by atoms with van der Waals surface area (Å²) in [5.74, 6) is -1.46. The molecular weight excluding hydrogens is 288 g/mol. The zero-order chi connectivity index (χ0) is 15.7. The molecule has 2 N–H and O–H groups in total. The third kappa shape index (κ3) is 2.43. The normalized spacial score (nSPS) is 21.7. The van der Waals surface area contributed by atoms with E-state index in [9.17, 15) is 14.7 Å². The minimum absolute atomic E-state index is 0.286. The number of para-hydroxylation sites is 1. The van der Waals surface area contributed by atoms with Crippen molar-refractivity contribution in [1.29, 1.82) is 0 Å². The lowest BCUT2D eigenvalue weighted by Crippen LogP contribution is -2.45. The number of nitrogens with one attached hydrogen (secondary N) is 1. The first-order valence-electron chi connectivity index (χ1n) is 7.05. The summed E-state index contributed by atoms with van der Waals surface area (Å²) in [6, 6.07) is 4.27. The highest BCUT2D eigenvalue weighted by atomic mass is 16.5. The van der Waals surface area contributed by atoms with Crippen LogP contribution in [0.15, 0.2) is 22.6 Å². The van der Waals surface area contributed by atoms with Crippen LogP contribution < -0.4 is 5.32 Å². The van der Waals surface area contributed by atoms with Gasteiger partial charge in [0.15, 0.2) is 5.58 Å². The molecule has 1 aliphatic rings. The molecule has 2 aromatic rings. The summed E-state index contributed by atoms with van der Waals surface area (Å²) in [5, 5.41) is 12.3. The number of hydrogen-bond donors (Lipinski definition) is 2. The lowest BCUT2D eigenvalue weighted by atomic mass is 9.91. The van der Waals surface area contributed by atoms with Crippen LogP contribution >= 0.6 is 0 Å². The predicted octanol–water partition coefficient (Wildman–Crippen LogP) is 1.53. The number of rotatable bonds is 3. The molecule has 116 valence electrons. The largest absolute Gasteiger partial charge is 0.480 e. The lowest BCUT2D eigenvalue weighted by molar-refractivity contribution is -0.140. The number of piperidine rings is 1. The van der Waals surface area contributed by atoms with Gasteiger partial charge in [-0.15, -0.1) is 0 Å². The Balaban J connectivity index is 2.04. The molecule has 0 amide bonds. The smallest absolute Gasteiger partial charge is 0.341 e. The predicted molar refractivity (Wildman–Crippen MR) is 76.8 cm³/mol. The minimum Gasteiger partial charge on any atom is -0.480 e. The monoisotopic (exact) mass is 304 g/mol. The third-order valence-corrected chi connectivity index (χ3v) is 3.88. The van der Waals surface area contributed by atoms with E-state index in [0.717, 1.165) is 6.42 Å². The molecule has 22 heavy (non-hydrogen) atoms. The van der Waals surface area contributed by atoms with Gasteiger partial charge in [-0.3, -0.25) is 4.79 Å². The summed E-state index contributed by atoms with van der Waals surface area (Å²) in [6.45, 7) is 0.654. The van der Waals surface area contributed by atoms with Crippen molar-refractivity contribution in [1.82, 2.24) is 10.3 Å². The Morgan fingerprint density at radius 1 is 1.45 bits per heavy atom. The highest BCUT2D eigenvalue weighted by molar-refractivity contribution is 6.00. The van der Waals surface area contributed by atoms with Gasteiger partial charge >= 0.3 is 11.9 Å². The number of carbonyl (C=O) groups excluding carboxylic acids is 1. The Hall–Kier alpha value is -2.41. The zero-order valence-electron chi connectivity index (χ0n) is 12.0. The highest BCUT2D eigenvalue weighted by Gasteiger charge is 2.35. The molecule has 1 aromatic carbocycles. The molecule has 0 spiro atoms.